The topological polar surface area (TPSA) is 89.4 Å². The zero-order chi connectivity index (χ0) is 10.1. The number of nitrogens with zero attached hydrogens (tertiary/aromatic N) is 1. The number of carbonyl (C=O) groups is 1. The molecule has 1 aromatic carbocycles. The van der Waals surface area contributed by atoms with Crippen LogP contribution in [0.25, 0.3) is 11.0 Å². The highest BCUT2D eigenvalue weighted by Crippen LogP contribution is 2.21. The summed E-state index contributed by atoms with van der Waals surface area (Å²) < 4.78 is 4.93. The Balaban J connectivity index is 2.58. The van der Waals surface area contributed by atoms with Gasteiger partial charge in [0.15, 0.2) is 11.6 Å². The zero-order valence-corrected chi connectivity index (χ0v) is 7.18. The van der Waals surface area contributed by atoms with Gasteiger partial charge in [-0.15, -0.1) is 0 Å². The van der Waals surface area contributed by atoms with Crippen LogP contribution in [0.2, 0.25) is 0 Å². The lowest BCUT2D eigenvalue weighted by Crippen LogP contribution is -2.21. The van der Waals surface area contributed by atoms with Gasteiger partial charge in [0.2, 0.25) is 0 Å². The molecule has 0 radical (unpaired) electrons. The van der Waals surface area contributed by atoms with Crippen LogP contribution in [0.15, 0.2) is 28.8 Å². The van der Waals surface area contributed by atoms with Crippen molar-refractivity contribution >= 4 is 16.9 Å². The van der Waals surface area contributed by atoms with Crippen LogP contribution < -0.4 is 5.73 Å². The fourth-order valence-corrected chi connectivity index (χ4v) is 1.25. The number of hydrogen-bond acceptors (Lipinski definition) is 4. The lowest BCUT2D eigenvalue weighted by atomic mass is 10.1. The van der Waals surface area contributed by atoms with E-state index in [0.29, 0.717) is 11.0 Å². The second kappa shape index (κ2) is 3.12. The highest BCUT2D eigenvalue weighted by Gasteiger charge is 2.21. The molecule has 0 saturated carbocycles. The molecule has 0 fully saturated rings. The molecule has 0 aliphatic heterocycles. The first-order chi connectivity index (χ1) is 6.70. The molecule has 0 amide bonds. The van der Waals surface area contributed by atoms with Crippen LogP contribution in [0, 0.1) is 0 Å². The van der Waals surface area contributed by atoms with E-state index in [4.69, 9.17) is 15.4 Å². The van der Waals surface area contributed by atoms with Gasteiger partial charge in [-0.2, -0.15) is 0 Å². The molecule has 0 spiro atoms. The van der Waals surface area contributed by atoms with Crippen LogP contribution in [-0.4, -0.2) is 16.2 Å². The van der Waals surface area contributed by atoms with Gasteiger partial charge in [-0.3, -0.25) is 4.79 Å². The number of carboxylic acids is 1. The smallest absolute Gasteiger partial charge is 0.326 e. The minimum Gasteiger partial charge on any atom is -0.480 e. The number of carboxylic acid groups (broad SMARTS) is 1. The Bertz CT molecular complexity index is 478. The summed E-state index contributed by atoms with van der Waals surface area (Å²) in [4.78, 5) is 10.6. The molecule has 3 N–H and O–H groups in total. The normalized spacial score (nSPS) is 12.9. The first-order valence-electron chi connectivity index (χ1n) is 4.03. The van der Waals surface area contributed by atoms with Crippen molar-refractivity contribution in [1.82, 2.24) is 5.16 Å². The molecule has 1 atom stereocenters. The van der Waals surface area contributed by atoms with Gasteiger partial charge < -0.3 is 15.4 Å². The van der Waals surface area contributed by atoms with Crippen molar-refractivity contribution in [3.63, 3.8) is 0 Å². The molecule has 1 aromatic heterocycles. The average molecular weight is 192 g/mol. The quantitative estimate of drug-likeness (QED) is 0.738. The van der Waals surface area contributed by atoms with Crippen molar-refractivity contribution in [2.24, 2.45) is 5.73 Å². The van der Waals surface area contributed by atoms with E-state index in [1.165, 1.54) is 0 Å². The highest BCUT2D eigenvalue weighted by molar-refractivity contribution is 5.85. The van der Waals surface area contributed by atoms with Crippen LogP contribution in [0.4, 0.5) is 0 Å². The summed E-state index contributed by atoms with van der Waals surface area (Å²) >= 11 is 0. The monoisotopic (exact) mass is 192 g/mol. The molecular formula is C9H8N2O3. The molecule has 0 aliphatic carbocycles. The third-order valence-corrected chi connectivity index (χ3v) is 1.97. The lowest BCUT2D eigenvalue weighted by molar-refractivity contribution is -0.138. The second-order valence-electron chi connectivity index (χ2n) is 2.88. The minimum atomic E-state index is -1.14. The van der Waals surface area contributed by atoms with Crippen molar-refractivity contribution in [2.75, 3.05) is 0 Å². The Morgan fingerprint density at radius 2 is 2.21 bits per heavy atom. The van der Waals surface area contributed by atoms with E-state index in [0.717, 1.165) is 0 Å². The van der Waals surface area contributed by atoms with Crippen LogP contribution in [-0.2, 0) is 4.79 Å². The maximum absolute atomic E-state index is 10.6. The van der Waals surface area contributed by atoms with Gasteiger partial charge in [-0.1, -0.05) is 17.3 Å². The number of para-hydroxylation sites is 1. The van der Waals surface area contributed by atoms with Crippen LogP contribution in [0.5, 0.6) is 0 Å². The van der Waals surface area contributed by atoms with Gasteiger partial charge in [-0.05, 0) is 12.1 Å². The molecule has 14 heavy (non-hydrogen) atoms. The van der Waals surface area contributed by atoms with Gasteiger partial charge in [0.1, 0.15) is 5.69 Å². The van der Waals surface area contributed by atoms with Crippen molar-refractivity contribution in [3.8, 4) is 0 Å². The molecule has 0 saturated heterocycles. The molecular weight excluding hydrogens is 184 g/mol. The van der Waals surface area contributed by atoms with Crippen molar-refractivity contribution < 1.29 is 14.4 Å². The molecule has 5 heteroatoms. The van der Waals surface area contributed by atoms with E-state index in [9.17, 15) is 4.79 Å². The second-order valence-corrected chi connectivity index (χ2v) is 2.88. The molecule has 2 aromatic rings. The summed E-state index contributed by atoms with van der Waals surface area (Å²) in [5.74, 6) is -1.12. The molecule has 2 rings (SSSR count). The average Bonchev–Trinajstić information content (AvgIpc) is 2.60. The van der Waals surface area contributed by atoms with Crippen molar-refractivity contribution in [2.45, 2.75) is 6.04 Å². The van der Waals surface area contributed by atoms with E-state index in [-0.39, 0.29) is 5.69 Å². The minimum absolute atomic E-state index is 0.258. The van der Waals surface area contributed by atoms with Crippen molar-refractivity contribution in [3.05, 3.63) is 30.0 Å². The number of fused-ring (bicyclic) bond motifs is 1. The Hall–Kier alpha value is -1.88. The Labute approximate surface area is 79.1 Å². The SMILES string of the molecule is N[C@@H](C(=O)O)c1noc2ccccc12. The van der Waals surface area contributed by atoms with Crippen LogP contribution in [0.1, 0.15) is 11.7 Å². The lowest BCUT2D eigenvalue weighted by Gasteiger charge is -2.00. The summed E-state index contributed by atoms with van der Waals surface area (Å²) in [5, 5.41) is 13.0. The van der Waals surface area contributed by atoms with Crippen molar-refractivity contribution in [1.29, 1.82) is 0 Å². The maximum atomic E-state index is 10.6. The summed E-state index contributed by atoms with van der Waals surface area (Å²) in [7, 11) is 0. The maximum Gasteiger partial charge on any atom is 0.326 e. The Morgan fingerprint density at radius 3 is 2.93 bits per heavy atom. The van der Waals surface area contributed by atoms with E-state index in [1.54, 1.807) is 24.3 Å². The number of benzene rings is 1. The van der Waals surface area contributed by atoms with Gasteiger partial charge in [0, 0.05) is 5.39 Å². The number of aliphatic carboxylic acids is 1. The van der Waals surface area contributed by atoms with Gasteiger partial charge in [0.25, 0.3) is 0 Å². The molecule has 0 bridgehead atoms. The number of hydrogen-bond donors (Lipinski definition) is 2. The number of aromatic nitrogens is 1. The summed E-state index contributed by atoms with van der Waals surface area (Å²) in [6.45, 7) is 0. The van der Waals surface area contributed by atoms with Crippen LogP contribution >= 0.6 is 0 Å². The molecule has 0 aliphatic rings. The zero-order valence-electron chi connectivity index (χ0n) is 7.18. The fraction of sp³-hybridized carbons (Fsp3) is 0.111. The number of nitrogens with two attached hydrogens (primary N) is 1. The predicted octanol–water partition coefficient (Wildman–Crippen LogP) is 0.912. The predicted molar refractivity (Wildman–Crippen MR) is 48.6 cm³/mol. The fourth-order valence-electron chi connectivity index (χ4n) is 1.25. The van der Waals surface area contributed by atoms with E-state index in [2.05, 4.69) is 5.16 Å². The Morgan fingerprint density at radius 1 is 1.50 bits per heavy atom. The van der Waals surface area contributed by atoms with Gasteiger partial charge >= 0.3 is 5.97 Å². The van der Waals surface area contributed by atoms with Crippen LogP contribution in [0.3, 0.4) is 0 Å². The van der Waals surface area contributed by atoms with Gasteiger partial charge in [-0.25, -0.2) is 0 Å². The molecule has 0 unspecified atom stereocenters. The van der Waals surface area contributed by atoms with E-state index in [1.807, 2.05) is 0 Å². The third kappa shape index (κ3) is 1.23. The van der Waals surface area contributed by atoms with E-state index < -0.39 is 12.0 Å². The summed E-state index contributed by atoms with van der Waals surface area (Å²) in [5.41, 5.74) is 6.22. The first-order valence-corrected chi connectivity index (χ1v) is 4.03. The van der Waals surface area contributed by atoms with Gasteiger partial charge in [0.05, 0.1) is 0 Å². The standard InChI is InChI=1S/C9H8N2O3/c10-7(9(12)13)8-5-3-1-2-4-6(5)14-11-8/h1-4,7H,10H2,(H,12,13)/t7-/m1/s1. The van der Waals surface area contributed by atoms with E-state index >= 15 is 0 Å². The highest BCUT2D eigenvalue weighted by atomic mass is 16.5. The summed E-state index contributed by atoms with van der Waals surface area (Å²) in [6.07, 6.45) is 0. The number of rotatable bonds is 2. The largest absolute Gasteiger partial charge is 0.480 e. The summed E-state index contributed by atoms with van der Waals surface area (Å²) in [6, 6.07) is 5.85. The molecule has 1 heterocycles. The third-order valence-electron chi connectivity index (χ3n) is 1.97. The molecule has 5 nitrogen and oxygen atoms in total. The first kappa shape index (κ1) is 8.71. The Kier molecular flexibility index (Phi) is 1.94. The molecule has 72 valence electrons.